The van der Waals surface area contributed by atoms with E-state index in [9.17, 15) is 9.90 Å². The van der Waals surface area contributed by atoms with E-state index in [0.29, 0.717) is 0 Å². The second-order valence-corrected chi connectivity index (χ2v) is 6.24. The van der Waals surface area contributed by atoms with Gasteiger partial charge in [0.05, 0.1) is 0 Å². The van der Waals surface area contributed by atoms with E-state index in [0.717, 1.165) is 36.8 Å². The number of halogens is 1. The van der Waals surface area contributed by atoms with Crippen LogP contribution >= 0.6 is 12.4 Å². The van der Waals surface area contributed by atoms with Crippen molar-refractivity contribution in [1.82, 2.24) is 0 Å². The summed E-state index contributed by atoms with van der Waals surface area (Å²) in [7, 11) is 0. The van der Waals surface area contributed by atoms with E-state index in [2.05, 4.69) is 6.92 Å². The monoisotopic (exact) mass is 331 g/mol. The van der Waals surface area contributed by atoms with E-state index in [1.54, 1.807) is 18.2 Å². The van der Waals surface area contributed by atoms with E-state index >= 15 is 0 Å². The molecule has 7 N–H and O–H groups in total. The molecule has 0 aromatic heterocycles. The zero-order valence-electron chi connectivity index (χ0n) is 12.8. The Morgan fingerprint density at radius 2 is 1.91 bits per heavy atom. The fourth-order valence-corrected chi connectivity index (χ4v) is 3.85. The van der Waals surface area contributed by atoms with Gasteiger partial charge in [-0.05, 0) is 36.6 Å². The normalized spacial score (nSPS) is 29.6. The molecule has 0 heterocycles. The van der Waals surface area contributed by atoms with E-state index in [-0.39, 0.29) is 52.3 Å². The van der Waals surface area contributed by atoms with Crippen molar-refractivity contribution >= 4 is 18.2 Å². The average molecular weight is 332 g/mol. The molecule has 2 aliphatic rings. The molecule has 2 aliphatic carbocycles. The Balaban J connectivity index is 0.00000147. The topological polar surface area (TPSA) is 126 Å². The van der Waals surface area contributed by atoms with Crippen LogP contribution in [0.15, 0.2) is 18.2 Å². The SMILES string of the molecule is CC12CCCCCC(C(=O)c3ccc(O)cc31)C2N.Cl.O.O. The summed E-state index contributed by atoms with van der Waals surface area (Å²) in [6.45, 7) is 2.15. The van der Waals surface area contributed by atoms with Gasteiger partial charge in [0.25, 0.3) is 0 Å². The molecule has 0 radical (unpaired) electrons. The van der Waals surface area contributed by atoms with Gasteiger partial charge in [0.1, 0.15) is 5.75 Å². The van der Waals surface area contributed by atoms with Gasteiger partial charge in [0.15, 0.2) is 5.78 Å². The van der Waals surface area contributed by atoms with Crippen molar-refractivity contribution in [2.75, 3.05) is 0 Å². The van der Waals surface area contributed by atoms with Gasteiger partial charge in [0, 0.05) is 22.9 Å². The molecule has 0 amide bonds. The number of fused-ring (bicyclic) bond motifs is 4. The fourth-order valence-electron chi connectivity index (χ4n) is 3.85. The van der Waals surface area contributed by atoms with Crippen LogP contribution in [0.3, 0.4) is 0 Å². The predicted octanol–water partition coefficient (Wildman–Crippen LogP) is 1.53. The van der Waals surface area contributed by atoms with Crippen LogP contribution in [0.4, 0.5) is 0 Å². The number of phenols is 1. The van der Waals surface area contributed by atoms with Crippen LogP contribution in [0.1, 0.15) is 54.9 Å². The van der Waals surface area contributed by atoms with E-state index < -0.39 is 0 Å². The van der Waals surface area contributed by atoms with Gasteiger partial charge >= 0.3 is 0 Å². The second kappa shape index (κ2) is 7.42. The molecule has 1 saturated carbocycles. The van der Waals surface area contributed by atoms with Crippen LogP contribution in [0.5, 0.6) is 5.75 Å². The maximum atomic E-state index is 12.6. The molecule has 3 atom stereocenters. The number of ketones is 1. The van der Waals surface area contributed by atoms with Crippen LogP contribution in [-0.2, 0) is 5.41 Å². The molecule has 5 nitrogen and oxygen atoms in total. The summed E-state index contributed by atoms with van der Waals surface area (Å²) in [6.07, 6.45) is 5.29. The highest BCUT2D eigenvalue weighted by molar-refractivity contribution is 6.01. The third kappa shape index (κ3) is 2.99. The van der Waals surface area contributed by atoms with Gasteiger partial charge < -0.3 is 21.8 Å². The first kappa shape index (κ1) is 20.9. The number of rotatable bonds is 0. The van der Waals surface area contributed by atoms with Gasteiger partial charge in [-0.3, -0.25) is 4.79 Å². The first-order chi connectivity index (χ1) is 9.04. The minimum absolute atomic E-state index is 0. The molecule has 126 valence electrons. The molecule has 1 aromatic carbocycles. The number of hydrogen-bond acceptors (Lipinski definition) is 3. The Morgan fingerprint density at radius 1 is 1.23 bits per heavy atom. The first-order valence-corrected chi connectivity index (χ1v) is 7.17. The zero-order chi connectivity index (χ0) is 13.6. The van der Waals surface area contributed by atoms with Crippen molar-refractivity contribution in [3.63, 3.8) is 0 Å². The third-order valence-corrected chi connectivity index (χ3v) is 5.10. The van der Waals surface area contributed by atoms with Crippen molar-refractivity contribution in [1.29, 1.82) is 0 Å². The Morgan fingerprint density at radius 3 is 2.59 bits per heavy atom. The largest absolute Gasteiger partial charge is 0.508 e. The lowest BCUT2D eigenvalue weighted by atomic mass is 9.59. The van der Waals surface area contributed by atoms with Crippen molar-refractivity contribution in [3.05, 3.63) is 29.3 Å². The van der Waals surface area contributed by atoms with Crippen molar-refractivity contribution < 1.29 is 20.9 Å². The molecule has 0 spiro atoms. The maximum absolute atomic E-state index is 12.6. The Hall–Kier alpha value is -1.14. The van der Waals surface area contributed by atoms with E-state index in [4.69, 9.17) is 5.73 Å². The van der Waals surface area contributed by atoms with Crippen LogP contribution < -0.4 is 5.73 Å². The zero-order valence-corrected chi connectivity index (χ0v) is 13.6. The maximum Gasteiger partial charge on any atom is 0.167 e. The quantitative estimate of drug-likeness (QED) is 0.748. The molecule has 1 aromatic rings. The summed E-state index contributed by atoms with van der Waals surface area (Å²) in [5.74, 6) is 0.338. The van der Waals surface area contributed by atoms with Gasteiger partial charge in [-0.1, -0.05) is 26.2 Å². The van der Waals surface area contributed by atoms with E-state index in [1.807, 2.05) is 0 Å². The molecule has 3 unspecified atom stereocenters. The molecular weight excluding hydrogens is 306 g/mol. The molecule has 3 rings (SSSR count). The fraction of sp³-hybridized carbons (Fsp3) is 0.562. The summed E-state index contributed by atoms with van der Waals surface area (Å²) in [5.41, 5.74) is 7.97. The Bertz CT molecular complexity index is 537. The highest BCUT2D eigenvalue weighted by Gasteiger charge is 2.47. The number of carbonyl (C=O) groups is 1. The first-order valence-electron chi connectivity index (χ1n) is 7.17. The number of benzene rings is 1. The Labute approximate surface area is 136 Å². The molecule has 22 heavy (non-hydrogen) atoms. The van der Waals surface area contributed by atoms with Crippen molar-refractivity contribution in [2.45, 2.75) is 50.5 Å². The minimum Gasteiger partial charge on any atom is -0.508 e. The standard InChI is InChI=1S/C16H21NO2.ClH.2H2O/c1-16-8-4-2-3-5-12(15(16)17)14(19)11-7-6-10(18)9-13(11)16;;;/h6-7,9,12,15,18H,2-5,8,17H2,1H3;1H;2*1H2. The highest BCUT2D eigenvalue weighted by atomic mass is 35.5. The number of carbonyl (C=O) groups excluding carboxylic acids is 1. The molecule has 1 fully saturated rings. The minimum atomic E-state index is -0.187. The summed E-state index contributed by atoms with van der Waals surface area (Å²) in [6, 6.07) is 4.99. The number of phenolic OH excluding ortho intramolecular Hbond substituents is 1. The van der Waals surface area contributed by atoms with Crippen LogP contribution in [0.2, 0.25) is 0 Å². The van der Waals surface area contributed by atoms with Crippen molar-refractivity contribution in [3.8, 4) is 5.75 Å². The summed E-state index contributed by atoms with van der Waals surface area (Å²) < 4.78 is 0. The van der Waals surface area contributed by atoms with Crippen LogP contribution in [0, 0.1) is 5.92 Å². The van der Waals surface area contributed by atoms with Gasteiger partial charge in [-0.15, -0.1) is 12.4 Å². The van der Waals surface area contributed by atoms with Gasteiger partial charge in [-0.2, -0.15) is 0 Å². The van der Waals surface area contributed by atoms with Gasteiger partial charge in [0.2, 0.25) is 0 Å². The lowest BCUT2D eigenvalue weighted by Crippen LogP contribution is -2.55. The lowest BCUT2D eigenvalue weighted by molar-refractivity contribution is 0.0805. The molecular formula is C16H26ClNO4. The lowest BCUT2D eigenvalue weighted by Gasteiger charge is -2.46. The highest BCUT2D eigenvalue weighted by Crippen LogP contribution is 2.46. The van der Waals surface area contributed by atoms with Crippen LogP contribution in [-0.4, -0.2) is 27.9 Å². The second-order valence-electron chi connectivity index (χ2n) is 6.24. The summed E-state index contributed by atoms with van der Waals surface area (Å²) >= 11 is 0. The Kier molecular flexibility index (Phi) is 7.03. The van der Waals surface area contributed by atoms with Crippen molar-refractivity contribution in [2.24, 2.45) is 11.7 Å². The summed E-state index contributed by atoms with van der Waals surface area (Å²) in [5, 5.41) is 9.75. The summed E-state index contributed by atoms with van der Waals surface area (Å²) in [4.78, 5) is 12.6. The molecule has 6 heteroatoms. The van der Waals surface area contributed by atoms with Crippen LogP contribution in [0.25, 0.3) is 0 Å². The molecule has 2 bridgehead atoms. The average Bonchev–Trinajstić information content (AvgIpc) is 2.38. The smallest absolute Gasteiger partial charge is 0.167 e. The molecule has 0 saturated heterocycles. The predicted molar refractivity (Wildman–Crippen MR) is 88.8 cm³/mol. The number of Topliss-reactive ketones (excluding diaryl/α,β-unsaturated/α-hetero) is 1. The van der Waals surface area contributed by atoms with E-state index in [1.165, 1.54) is 6.42 Å². The van der Waals surface area contributed by atoms with Gasteiger partial charge in [-0.25, -0.2) is 0 Å². The number of nitrogens with two attached hydrogens (primary N) is 1. The number of aromatic hydroxyl groups is 1. The number of hydrogen-bond donors (Lipinski definition) is 2. The third-order valence-electron chi connectivity index (χ3n) is 5.10. The molecule has 0 aliphatic heterocycles.